The molecule has 0 aromatic heterocycles. The average molecular weight is 277 g/mol. The van der Waals surface area contributed by atoms with Gasteiger partial charge in [-0.05, 0) is 44.0 Å². The first kappa shape index (κ1) is 14.7. The highest BCUT2D eigenvalue weighted by Gasteiger charge is 2.16. The average Bonchev–Trinajstić information content (AvgIpc) is 2.89. The van der Waals surface area contributed by atoms with Gasteiger partial charge in [-0.25, -0.2) is 4.79 Å². The number of nitrogens with zero attached hydrogens (tertiary/aromatic N) is 1. The SMILES string of the molecule is CC(CNc1c(N)cccc1C(=O)O)CN1CCCC1. The first-order chi connectivity index (χ1) is 9.58. The number of anilines is 2. The van der Waals surface area contributed by atoms with Crippen LogP contribution >= 0.6 is 0 Å². The van der Waals surface area contributed by atoms with Crippen molar-refractivity contribution in [3.05, 3.63) is 23.8 Å². The van der Waals surface area contributed by atoms with Gasteiger partial charge in [0.1, 0.15) is 0 Å². The number of nitrogens with one attached hydrogen (secondary N) is 1. The highest BCUT2D eigenvalue weighted by Crippen LogP contribution is 2.24. The smallest absolute Gasteiger partial charge is 0.337 e. The number of aromatic carboxylic acids is 1. The van der Waals surface area contributed by atoms with Gasteiger partial charge in [0.2, 0.25) is 0 Å². The van der Waals surface area contributed by atoms with Crippen LogP contribution < -0.4 is 11.1 Å². The molecule has 1 unspecified atom stereocenters. The van der Waals surface area contributed by atoms with Crippen molar-refractivity contribution in [3.8, 4) is 0 Å². The number of rotatable bonds is 6. The quantitative estimate of drug-likeness (QED) is 0.694. The first-order valence-corrected chi connectivity index (χ1v) is 7.16. The summed E-state index contributed by atoms with van der Waals surface area (Å²) in [6, 6.07) is 4.96. The Labute approximate surface area is 119 Å². The van der Waals surface area contributed by atoms with Crippen LogP contribution in [0, 0.1) is 5.92 Å². The normalized spacial score (nSPS) is 17.1. The minimum absolute atomic E-state index is 0.235. The van der Waals surface area contributed by atoms with E-state index in [0.717, 1.165) is 13.1 Å². The maximum absolute atomic E-state index is 11.2. The number of nitrogen functional groups attached to an aromatic ring is 1. The third-order valence-electron chi connectivity index (χ3n) is 3.72. The summed E-state index contributed by atoms with van der Waals surface area (Å²) in [6.45, 7) is 6.30. The standard InChI is InChI=1S/C15H23N3O2/c1-11(10-18-7-2-3-8-18)9-17-14-12(15(19)20)5-4-6-13(14)16/h4-6,11,17H,2-3,7-10,16H2,1H3,(H,19,20). The monoisotopic (exact) mass is 277 g/mol. The molecular formula is C15H23N3O2. The van der Waals surface area contributed by atoms with Crippen molar-refractivity contribution >= 4 is 17.3 Å². The molecule has 1 atom stereocenters. The van der Waals surface area contributed by atoms with Gasteiger partial charge < -0.3 is 21.1 Å². The summed E-state index contributed by atoms with van der Waals surface area (Å²) < 4.78 is 0. The van der Waals surface area contributed by atoms with E-state index in [9.17, 15) is 9.90 Å². The van der Waals surface area contributed by atoms with Crippen molar-refractivity contribution in [1.29, 1.82) is 0 Å². The van der Waals surface area contributed by atoms with Crippen LogP contribution in [0.5, 0.6) is 0 Å². The summed E-state index contributed by atoms with van der Waals surface area (Å²) in [5.74, 6) is -0.499. The molecule has 0 spiro atoms. The second-order valence-corrected chi connectivity index (χ2v) is 5.57. The lowest BCUT2D eigenvalue weighted by Crippen LogP contribution is -2.29. The Balaban J connectivity index is 1.94. The predicted octanol–water partition coefficient (Wildman–Crippen LogP) is 2.11. The molecule has 5 nitrogen and oxygen atoms in total. The number of hydrogen-bond donors (Lipinski definition) is 3. The van der Waals surface area contributed by atoms with E-state index in [0.29, 0.717) is 17.3 Å². The number of benzene rings is 1. The van der Waals surface area contributed by atoms with Crippen molar-refractivity contribution in [2.75, 3.05) is 37.2 Å². The lowest BCUT2D eigenvalue weighted by molar-refractivity contribution is 0.0698. The summed E-state index contributed by atoms with van der Waals surface area (Å²) in [5, 5.41) is 12.4. The van der Waals surface area contributed by atoms with Gasteiger partial charge in [-0.1, -0.05) is 13.0 Å². The van der Waals surface area contributed by atoms with Gasteiger partial charge in [0, 0.05) is 13.1 Å². The van der Waals surface area contributed by atoms with Gasteiger partial charge in [-0.3, -0.25) is 0 Å². The van der Waals surface area contributed by atoms with Crippen molar-refractivity contribution in [3.63, 3.8) is 0 Å². The molecule has 1 aromatic rings. The van der Waals surface area contributed by atoms with Gasteiger partial charge in [0.05, 0.1) is 16.9 Å². The van der Waals surface area contributed by atoms with Crippen LogP contribution in [-0.4, -0.2) is 42.2 Å². The lowest BCUT2D eigenvalue weighted by atomic mass is 10.1. The Bertz CT molecular complexity index is 470. The molecule has 2 rings (SSSR count). The largest absolute Gasteiger partial charge is 0.478 e. The fourth-order valence-electron chi connectivity index (χ4n) is 2.69. The molecule has 0 radical (unpaired) electrons. The Kier molecular flexibility index (Phi) is 4.84. The maximum atomic E-state index is 11.2. The molecule has 1 aromatic carbocycles. The number of likely N-dealkylation sites (tertiary alicyclic amines) is 1. The van der Waals surface area contributed by atoms with Crippen molar-refractivity contribution in [2.24, 2.45) is 5.92 Å². The van der Waals surface area contributed by atoms with Gasteiger partial charge in [0.25, 0.3) is 0 Å². The van der Waals surface area contributed by atoms with E-state index >= 15 is 0 Å². The number of hydrogen-bond acceptors (Lipinski definition) is 4. The summed E-state index contributed by atoms with van der Waals surface area (Å²) in [5.41, 5.74) is 7.13. The topological polar surface area (TPSA) is 78.6 Å². The number of carboxylic acid groups (broad SMARTS) is 1. The van der Waals surface area contributed by atoms with Crippen molar-refractivity contribution in [2.45, 2.75) is 19.8 Å². The van der Waals surface area contributed by atoms with E-state index in [1.807, 2.05) is 0 Å². The van der Waals surface area contributed by atoms with Crippen molar-refractivity contribution in [1.82, 2.24) is 4.90 Å². The van der Waals surface area contributed by atoms with Crippen LogP contribution in [0.3, 0.4) is 0 Å². The first-order valence-electron chi connectivity index (χ1n) is 7.16. The molecule has 5 heteroatoms. The van der Waals surface area contributed by atoms with Crippen LogP contribution in [0.4, 0.5) is 11.4 Å². The van der Waals surface area contributed by atoms with Gasteiger partial charge in [0.15, 0.2) is 0 Å². The van der Waals surface area contributed by atoms with E-state index in [4.69, 9.17) is 5.73 Å². The highest BCUT2D eigenvalue weighted by molar-refractivity contribution is 5.97. The van der Waals surface area contributed by atoms with Crippen LogP contribution in [-0.2, 0) is 0 Å². The Morgan fingerprint density at radius 3 is 2.80 bits per heavy atom. The molecule has 1 fully saturated rings. The molecular weight excluding hydrogens is 254 g/mol. The number of carbonyl (C=O) groups is 1. The maximum Gasteiger partial charge on any atom is 0.337 e. The van der Waals surface area contributed by atoms with E-state index in [1.165, 1.54) is 25.9 Å². The third-order valence-corrected chi connectivity index (χ3v) is 3.72. The minimum atomic E-state index is -0.952. The zero-order valence-electron chi connectivity index (χ0n) is 11.9. The Morgan fingerprint density at radius 2 is 2.15 bits per heavy atom. The molecule has 0 bridgehead atoms. The molecule has 1 aliphatic heterocycles. The molecule has 4 N–H and O–H groups in total. The molecule has 1 aliphatic rings. The number of para-hydroxylation sites is 1. The van der Waals surface area contributed by atoms with Gasteiger partial charge in [-0.15, -0.1) is 0 Å². The van der Waals surface area contributed by atoms with E-state index in [2.05, 4.69) is 17.1 Å². The third kappa shape index (κ3) is 3.63. The molecule has 0 amide bonds. The highest BCUT2D eigenvalue weighted by atomic mass is 16.4. The van der Waals surface area contributed by atoms with Crippen LogP contribution in [0.2, 0.25) is 0 Å². The molecule has 1 saturated heterocycles. The van der Waals surface area contributed by atoms with Crippen LogP contribution in [0.1, 0.15) is 30.1 Å². The second kappa shape index (κ2) is 6.61. The van der Waals surface area contributed by atoms with E-state index < -0.39 is 5.97 Å². The predicted molar refractivity (Wildman–Crippen MR) is 81.1 cm³/mol. The summed E-state index contributed by atoms with van der Waals surface area (Å²) in [6.07, 6.45) is 2.57. The fourth-order valence-corrected chi connectivity index (χ4v) is 2.69. The van der Waals surface area contributed by atoms with E-state index in [-0.39, 0.29) is 5.56 Å². The van der Waals surface area contributed by atoms with Gasteiger partial charge in [-0.2, -0.15) is 0 Å². The lowest BCUT2D eigenvalue weighted by Gasteiger charge is -2.21. The summed E-state index contributed by atoms with van der Waals surface area (Å²) in [7, 11) is 0. The number of nitrogens with two attached hydrogens (primary N) is 1. The zero-order chi connectivity index (χ0) is 14.5. The summed E-state index contributed by atoms with van der Waals surface area (Å²) >= 11 is 0. The zero-order valence-corrected chi connectivity index (χ0v) is 11.9. The van der Waals surface area contributed by atoms with Crippen LogP contribution in [0.25, 0.3) is 0 Å². The van der Waals surface area contributed by atoms with Crippen LogP contribution in [0.15, 0.2) is 18.2 Å². The van der Waals surface area contributed by atoms with Gasteiger partial charge >= 0.3 is 5.97 Å². The molecule has 20 heavy (non-hydrogen) atoms. The second-order valence-electron chi connectivity index (χ2n) is 5.57. The Hall–Kier alpha value is -1.75. The van der Waals surface area contributed by atoms with Crippen molar-refractivity contribution < 1.29 is 9.90 Å². The molecule has 110 valence electrons. The summed E-state index contributed by atoms with van der Waals surface area (Å²) in [4.78, 5) is 13.7. The number of carboxylic acids is 1. The Morgan fingerprint density at radius 1 is 1.45 bits per heavy atom. The molecule has 1 heterocycles. The minimum Gasteiger partial charge on any atom is -0.478 e. The fraction of sp³-hybridized carbons (Fsp3) is 0.533. The van der Waals surface area contributed by atoms with E-state index in [1.54, 1.807) is 18.2 Å². The molecule has 0 saturated carbocycles. The molecule has 0 aliphatic carbocycles.